The fraction of sp³-hybridized carbons (Fsp3) is 0.211. The van der Waals surface area contributed by atoms with Gasteiger partial charge in [0.05, 0.1) is 29.1 Å². The average molecular weight is 443 g/mol. The first-order chi connectivity index (χ1) is 15.3. The lowest BCUT2D eigenvalue weighted by molar-refractivity contribution is -0.394. The van der Waals surface area contributed by atoms with E-state index in [0.29, 0.717) is 5.56 Å². The van der Waals surface area contributed by atoms with E-state index in [2.05, 4.69) is 15.4 Å². The number of H-pyrrole nitrogens is 1. The van der Waals surface area contributed by atoms with E-state index in [4.69, 9.17) is 14.2 Å². The van der Waals surface area contributed by atoms with Gasteiger partial charge in [-0.1, -0.05) is 0 Å². The zero-order valence-corrected chi connectivity index (χ0v) is 16.9. The first-order valence-electron chi connectivity index (χ1n) is 9.31. The van der Waals surface area contributed by atoms with Gasteiger partial charge < -0.3 is 14.2 Å². The molecule has 32 heavy (non-hydrogen) atoms. The third kappa shape index (κ3) is 4.61. The molecule has 0 amide bonds. The first kappa shape index (κ1) is 22.1. The van der Waals surface area contributed by atoms with Crippen molar-refractivity contribution < 1.29 is 28.9 Å². The standard InChI is InChI=1S/C19H17N5O8/c1-3-30-16-9-11(17-18(21-22-20-17)19(25)31-4-2)5-7-15(16)32-14-8-6-12(23(26)27)10-13(14)24(28)29/h5-10H,3-4H2,1-2H3,(H,20,21,22). The molecule has 166 valence electrons. The monoisotopic (exact) mass is 443 g/mol. The van der Waals surface area contributed by atoms with Gasteiger partial charge in [-0.25, -0.2) is 4.79 Å². The molecule has 13 heteroatoms. The highest BCUT2D eigenvalue weighted by Gasteiger charge is 2.24. The second kappa shape index (κ2) is 9.51. The van der Waals surface area contributed by atoms with Crippen molar-refractivity contribution in [2.75, 3.05) is 13.2 Å². The number of benzene rings is 2. The smallest absolute Gasteiger partial charge is 0.361 e. The molecule has 0 aliphatic heterocycles. The molecule has 0 aliphatic rings. The molecule has 0 saturated carbocycles. The van der Waals surface area contributed by atoms with Crippen molar-refractivity contribution in [1.29, 1.82) is 0 Å². The fourth-order valence-corrected chi connectivity index (χ4v) is 2.75. The number of nitrogens with one attached hydrogen (secondary N) is 1. The van der Waals surface area contributed by atoms with Crippen molar-refractivity contribution in [2.45, 2.75) is 13.8 Å². The third-order valence-electron chi connectivity index (χ3n) is 4.10. The molecule has 3 rings (SSSR count). The Labute approximate surface area is 180 Å². The minimum atomic E-state index is -0.780. The van der Waals surface area contributed by atoms with Gasteiger partial charge in [-0.15, -0.1) is 5.10 Å². The number of nitro benzene ring substituents is 2. The number of hydrogen-bond donors (Lipinski definition) is 1. The highest BCUT2D eigenvalue weighted by Crippen LogP contribution is 2.40. The number of non-ortho nitro benzene ring substituents is 1. The first-order valence-corrected chi connectivity index (χ1v) is 9.31. The van der Waals surface area contributed by atoms with Crippen LogP contribution < -0.4 is 9.47 Å². The van der Waals surface area contributed by atoms with Gasteiger partial charge >= 0.3 is 11.7 Å². The lowest BCUT2D eigenvalue weighted by Crippen LogP contribution is -2.07. The Kier molecular flexibility index (Phi) is 6.58. The van der Waals surface area contributed by atoms with E-state index in [1.807, 2.05) is 0 Å². The third-order valence-corrected chi connectivity index (χ3v) is 4.10. The summed E-state index contributed by atoms with van der Waals surface area (Å²) in [5.74, 6) is -0.539. The van der Waals surface area contributed by atoms with Gasteiger partial charge in [0.25, 0.3) is 5.69 Å². The Morgan fingerprint density at radius 1 is 0.969 bits per heavy atom. The normalized spacial score (nSPS) is 10.4. The zero-order valence-electron chi connectivity index (χ0n) is 16.9. The number of hydrogen-bond acceptors (Lipinski definition) is 10. The van der Waals surface area contributed by atoms with Crippen LogP contribution in [0.15, 0.2) is 36.4 Å². The van der Waals surface area contributed by atoms with Gasteiger partial charge in [0.15, 0.2) is 17.2 Å². The quantitative estimate of drug-likeness (QED) is 0.292. The van der Waals surface area contributed by atoms with Crippen LogP contribution in [-0.4, -0.2) is 44.4 Å². The molecule has 0 fully saturated rings. The number of ether oxygens (including phenoxy) is 3. The maximum Gasteiger partial charge on any atom is 0.361 e. The minimum Gasteiger partial charge on any atom is -0.490 e. The number of esters is 1. The van der Waals surface area contributed by atoms with Gasteiger partial charge in [0.1, 0.15) is 5.69 Å². The highest BCUT2D eigenvalue weighted by atomic mass is 16.6. The lowest BCUT2D eigenvalue weighted by atomic mass is 10.1. The maximum atomic E-state index is 12.1. The molecular formula is C19H17N5O8. The SMILES string of the molecule is CCOC(=O)c1n[nH]nc1-c1ccc(Oc2ccc([N+](=O)[O-])cc2[N+](=O)[O-])c(OCC)c1. The number of carbonyl (C=O) groups is 1. The zero-order chi connectivity index (χ0) is 23.3. The molecule has 0 unspecified atom stereocenters. The summed E-state index contributed by atoms with van der Waals surface area (Å²) in [6, 6.07) is 7.58. The van der Waals surface area contributed by atoms with Gasteiger partial charge in [-0.2, -0.15) is 10.3 Å². The van der Waals surface area contributed by atoms with E-state index < -0.39 is 27.2 Å². The van der Waals surface area contributed by atoms with Crippen molar-refractivity contribution in [3.63, 3.8) is 0 Å². The fourth-order valence-electron chi connectivity index (χ4n) is 2.75. The summed E-state index contributed by atoms with van der Waals surface area (Å²) >= 11 is 0. The second-order valence-electron chi connectivity index (χ2n) is 6.10. The van der Waals surface area contributed by atoms with Crippen molar-refractivity contribution in [3.05, 3.63) is 62.3 Å². The van der Waals surface area contributed by atoms with Crippen LogP contribution in [0.2, 0.25) is 0 Å². The van der Waals surface area contributed by atoms with Crippen molar-refractivity contribution >= 4 is 17.3 Å². The Bertz CT molecular complexity index is 1180. The average Bonchev–Trinajstić information content (AvgIpc) is 3.25. The molecule has 0 aliphatic carbocycles. The van der Waals surface area contributed by atoms with Gasteiger partial charge in [-0.3, -0.25) is 20.2 Å². The van der Waals surface area contributed by atoms with E-state index >= 15 is 0 Å². The summed E-state index contributed by atoms with van der Waals surface area (Å²) < 4.78 is 16.2. The van der Waals surface area contributed by atoms with Crippen LogP contribution in [0.4, 0.5) is 11.4 Å². The van der Waals surface area contributed by atoms with Gasteiger partial charge in [0, 0.05) is 11.6 Å². The molecule has 1 N–H and O–H groups in total. The summed E-state index contributed by atoms with van der Waals surface area (Å²) in [6.07, 6.45) is 0. The molecule has 1 aromatic heterocycles. The van der Waals surface area contributed by atoms with Crippen LogP contribution in [-0.2, 0) is 4.74 Å². The largest absolute Gasteiger partial charge is 0.490 e. The lowest BCUT2D eigenvalue weighted by Gasteiger charge is -2.13. The van der Waals surface area contributed by atoms with Crippen LogP contribution in [0.5, 0.6) is 17.2 Å². The topological polar surface area (TPSA) is 173 Å². The number of aromatic amines is 1. The Balaban J connectivity index is 2.00. The number of aromatic nitrogens is 3. The molecule has 1 heterocycles. The minimum absolute atomic E-state index is 0.0195. The van der Waals surface area contributed by atoms with Crippen LogP contribution in [0, 0.1) is 20.2 Å². The summed E-state index contributed by atoms with van der Waals surface area (Å²) in [6.45, 7) is 3.79. The highest BCUT2D eigenvalue weighted by molar-refractivity contribution is 5.94. The van der Waals surface area contributed by atoms with Gasteiger partial charge in [-0.05, 0) is 38.1 Å². The van der Waals surface area contributed by atoms with E-state index in [1.165, 1.54) is 12.1 Å². The number of carbonyl (C=O) groups excluding carboxylic acids is 1. The maximum absolute atomic E-state index is 12.1. The number of nitro groups is 2. The Morgan fingerprint density at radius 3 is 2.38 bits per heavy atom. The predicted octanol–water partition coefficient (Wildman–Crippen LogP) is 3.66. The Hall–Kier alpha value is -4.55. The second-order valence-corrected chi connectivity index (χ2v) is 6.10. The van der Waals surface area contributed by atoms with Crippen molar-refractivity contribution in [2.24, 2.45) is 0 Å². The molecule has 2 aromatic carbocycles. The van der Waals surface area contributed by atoms with Gasteiger partial charge in [0.2, 0.25) is 5.75 Å². The number of rotatable bonds is 9. The molecule has 0 atom stereocenters. The summed E-state index contributed by atoms with van der Waals surface area (Å²) in [4.78, 5) is 32.9. The molecular weight excluding hydrogens is 426 g/mol. The van der Waals surface area contributed by atoms with Crippen LogP contribution in [0.25, 0.3) is 11.3 Å². The molecule has 0 bridgehead atoms. The summed E-state index contributed by atoms with van der Waals surface area (Å²) in [7, 11) is 0. The summed E-state index contributed by atoms with van der Waals surface area (Å²) in [5.41, 5.74) is -0.365. The Morgan fingerprint density at radius 2 is 1.72 bits per heavy atom. The van der Waals surface area contributed by atoms with Crippen molar-refractivity contribution in [1.82, 2.24) is 15.4 Å². The van der Waals surface area contributed by atoms with E-state index in [-0.39, 0.29) is 41.9 Å². The van der Waals surface area contributed by atoms with Crippen molar-refractivity contribution in [3.8, 4) is 28.5 Å². The number of nitrogens with zero attached hydrogens (tertiary/aromatic N) is 4. The molecule has 0 spiro atoms. The van der Waals surface area contributed by atoms with Crippen LogP contribution in [0.3, 0.4) is 0 Å². The van der Waals surface area contributed by atoms with E-state index in [1.54, 1.807) is 19.9 Å². The molecule has 0 radical (unpaired) electrons. The molecule has 0 saturated heterocycles. The predicted molar refractivity (Wildman–Crippen MR) is 109 cm³/mol. The van der Waals surface area contributed by atoms with E-state index in [0.717, 1.165) is 18.2 Å². The molecule has 13 nitrogen and oxygen atoms in total. The van der Waals surface area contributed by atoms with Crippen LogP contribution >= 0.6 is 0 Å². The molecule has 3 aromatic rings. The summed E-state index contributed by atoms with van der Waals surface area (Å²) in [5, 5.41) is 32.5. The van der Waals surface area contributed by atoms with E-state index in [9.17, 15) is 25.0 Å². The van der Waals surface area contributed by atoms with Crippen LogP contribution in [0.1, 0.15) is 24.3 Å².